The summed E-state index contributed by atoms with van der Waals surface area (Å²) in [7, 11) is 0. The van der Waals surface area contributed by atoms with Crippen molar-refractivity contribution < 1.29 is 4.79 Å². The summed E-state index contributed by atoms with van der Waals surface area (Å²) >= 11 is 0. The first-order chi connectivity index (χ1) is 12.7. The molecule has 1 fully saturated rings. The SMILES string of the molecule is Cc1cccc(-c2nc(C3CCCCC(=O)N3)n(-c3ccccc3)n2)c1. The molecule has 2 heterocycles. The number of aryl methyl sites for hydroxylation is 1. The van der Waals surface area contributed by atoms with Crippen molar-refractivity contribution in [3.05, 3.63) is 66.0 Å². The molecular weight excluding hydrogens is 324 g/mol. The first kappa shape index (κ1) is 16.5. The van der Waals surface area contributed by atoms with Gasteiger partial charge in [-0.25, -0.2) is 9.67 Å². The molecule has 0 saturated carbocycles. The molecule has 3 aromatic rings. The lowest BCUT2D eigenvalue weighted by Gasteiger charge is -2.16. The van der Waals surface area contributed by atoms with Gasteiger partial charge in [-0.05, 0) is 38.0 Å². The van der Waals surface area contributed by atoms with Crippen LogP contribution in [0.1, 0.15) is 43.1 Å². The largest absolute Gasteiger partial charge is 0.346 e. The number of rotatable bonds is 3. The van der Waals surface area contributed by atoms with Crippen LogP contribution in [0.2, 0.25) is 0 Å². The monoisotopic (exact) mass is 346 g/mol. The van der Waals surface area contributed by atoms with E-state index in [9.17, 15) is 4.79 Å². The van der Waals surface area contributed by atoms with E-state index in [1.54, 1.807) is 0 Å². The van der Waals surface area contributed by atoms with Crippen molar-refractivity contribution in [2.24, 2.45) is 0 Å². The van der Waals surface area contributed by atoms with E-state index in [0.717, 1.165) is 36.3 Å². The van der Waals surface area contributed by atoms with Crippen molar-refractivity contribution in [2.75, 3.05) is 0 Å². The Balaban J connectivity index is 1.81. The van der Waals surface area contributed by atoms with Crippen LogP contribution in [0.3, 0.4) is 0 Å². The summed E-state index contributed by atoms with van der Waals surface area (Å²) in [6.45, 7) is 2.06. The van der Waals surface area contributed by atoms with Gasteiger partial charge in [0.15, 0.2) is 11.6 Å². The average molecular weight is 346 g/mol. The Kier molecular flexibility index (Phi) is 4.52. The van der Waals surface area contributed by atoms with Gasteiger partial charge in [-0.3, -0.25) is 4.79 Å². The van der Waals surface area contributed by atoms with Gasteiger partial charge < -0.3 is 5.32 Å². The lowest BCUT2D eigenvalue weighted by molar-refractivity contribution is -0.121. The van der Waals surface area contributed by atoms with Crippen molar-refractivity contribution in [2.45, 2.75) is 38.6 Å². The zero-order chi connectivity index (χ0) is 17.9. The Morgan fingerprint density at radius 3 is 2.73 bits per heavy atom. The second kappa shape index (κ2) is 7.12. The molecule has 2 aromatic carbocycles. The molecule has 5 heteroatoms. The topological polar surface area (TPSA) is 59.8 Å². The van der Waals surface area contributed by atoms with Crippen LogP contribution < -0.4 is 5.32 Å². The molecule has 132 valence electrons. The van der Waals surface area contributed by atoms with Gasteiger partial charge in [-0.15, -0.1) is 5.10 Å². The standard InChI is InChI=1S/C21H22N4O/c1-15-8-7-9-16(14-15)20-23-21(18-12-5-6-13-19(26)22-18)25(24-20)17-10-3-2-4-11-17/h2-4,7-11,14,18H,5-6,12-13H2,1H3,(H,22,26). The minimum Gasteiger partial charge on any atom is -0.346 e. The Labute approximate surface area is 153 Å². The molecule has 1 aliphatic heterocycles. The van der Waals surface area contributed by atoms with Gasteiger partial charge >= 0.3 is 0 Å². The summed E-state index contributed by atoms with van der Waals surface area (Å²) in [5.74, 6) is 1.57. The van der Waals surface area contributed by atoms with E-state index in [1.807, 2.05) is 47.1 Å². The fourth-order valence-corrected chi connectivity index (χ4v) is 3.38. The van der Waals surface area contributed by atoms with E-state index < -0.39 is 0 Å². The highest BCUT2D eigenvalue weighted by Crippen LogP contribution is 2.27. The van der Waals surface area contributed by atoms with E-state index >= 15 is 0 Å². The maximum Gasteiger partial charge on any atom is 0.220 e. The van der Waals surface area contributed by atoms with Crippen LogP contribution in [0.4, 0.5) is 0 Å². The molecule has 5 nitrogen and oxygen atoms in total. The van der Waals surface area contributed by atoms with Crippen LogP contribution in [0.25, 0.3) is 17.1 Å². The van der Waals surface area contributed by atoms with Crippen molar-refractivity contribution in [3.8, 4) is 17.1 Å². The van der Waals surface area contributed by atoms with Crippen LogP contribution >= 0.6 is 0 Å². The molecule has 1 aliphatic rings. The smallest absolute Gasteiger partial charge is 0.220 e. The fraction of sp³-hybridized carbons (Fsp3) is 0.286. The first-order valence-corrected chi connectivity index (χ1v) is 9.09. The molecule has 1 amide bonds. The van der Waals surface area contributed by atoms with Crippen molar-refractivity contribution >= 4 is 5.91 Å². The van der Waals surface area contributed by atoms with Gasteiger partial charge in [-0.1, -0.05) is 48.4 Å². The van der Waals surface area contributed by atoms with Gasteiger partial charge in [0.05, 0.1) is 11.7 Å². The summed E-state index contributed by atoms with van der Waals surface area (Å²) in [6.07, 6.45) is 3.39. The summed E-state index contributed by atoms with van der Waals surface area (Å²) in [4.78, 5) is 16.9. The number of benzene rings is 2. The number of carbonyl (C=O) groups is 1. The quantitative estimate of drug-likeness (QED) is 0.780. The fourth-order valence-electron chi connectivity index (χ4n) is 3.38. The molecule has 1 atom stereocenters. The minimum atomic E-state index is -0.115. The molecule has 26 heavy (non-hydrogen) atoms. The number of hydrogen-bond donors (Lipinski definition) is 1. The second-order valence-electron chi connectivity index (χ2n) is 6.78. The maximum absolute atomic E-state index is 12.1. The Morgan fingerprint density at radius 1 is 1.08 bits per heavy atom. The predicted octanol–water partition coefficient (Wildman–Crippen LogP) is 3.97. The van der Waals surface area contributed by atoms with Crippen LogP contribution in [0.5, 0.6) is 0 Å². The molecule has 0 aliphatic carbocycles. The zero-order valence-electron chi connectivity index (χ0n) is 14.9. The Hall–Kier alpha value is -2.95. The van der Waals surface area contributed by atoms with E-state index in [0.29, 0.717) is 12.2 Å². The Morgan fingerprint density at radius 2 is 1.92 bits per heavy atom. The van der Waals surface area contributed by atoms with Gasteiger partial charge in [0, 0.05) is 12.0 Å². The van der Waals surface area contributed by atoms with Gasteiger partial charge in [0.25, 0.3) is 0 Å². The van der Waals surface area contributed by atoms with E-state index in [1.165, 1.54) is 5.56 Å². The third-order valence-corrected chi connectivity index (χ3v) is 4.70. The highest BCUT2D eigenvalue weighted by Gasteiger charge is 2.25. The number of nitrogens with zero attached hydrogens (tertiary/aromatic N) is 3. The molecule has 1 N–H and O–H groups in total. The van der Waals surface area contributed by atoms with E-state index in [4.69, 9.17) is 10.1 Å². The Bertz CT molecular complexity index is 917. The second-order valence-corrected chi connectivity index (χ2v) is 6.78. The van der Waals surface area contributed by atoms with Crippen LogP contribution in [-0.4, -0.2) is 20.7 Å². The summed E-state index contributed by atoms with van der Waals surface area (Å²) in [6, 6.07) is 18.0. The summed E-state index contributed by atoms with van der Waals surface area (Å²) < 4.78 is 1.87. The number of nitrogens with one attached hydrogen (secondary N) is 1. The third kappa shape index (κ3) is 3.38. The van der Waals surface area contributed by atoms with Gasteiger partial charge in [0.1, 0.15) is 0 Å². The normalized spacial score (nSPS) is 17.6. The summed E-state index contributed by atoms with van der Waals surface area (Å²) in [5, 5.41) is 7.90. The van der Waals surface area contributed by atoms with Gasteiger partial charge in [-0.2, -0.15) is 0 Å². The number of aromatic nitrogens is 3. The lowest BCUT2D eigenvalue weighted by atomic mass is 10.1. The molecule has 4 rings (SSSR count). The predicted molar refractivity (Wildman–Crippen MR) is 101 cm³/mol. The van der Waals surface area contributed by atoms with E-state index in [-0.39, 0.29) is 11.9 Å². The first-order valence-electron chi connectivity index (χ1n) is 9.09. The van der Waals surface area contributed by atoms with Gasteiger partial charge in [0.2, 0.25) is 5.91 Å². The van der Waals surface area contributed by atoms with E-state index in [2.05, 4.69) is 24.4 Å². The van der Waals surface area contributed by atoms with Crippen LogP contribution in [-0.2, 0) is 4.79 Å². The summed E-state index contributed by atoms with van der Waals surface area (Å²) in [5.41, 5.74) is 3.11. The minimum absolute atomic E-state index is 0.0900. The van der Waals surface area contributed by atoms with Crippen LogP contribution in [0, 0.1) is 6.92 Å². The molecule has 0 bridgehead atoms. The van der Waals surface area contributed by atoms with Crippen LogP contribution in [0.15, 0.2) is 54.6 Å². The molecule has 1 saturated heterocycles. The van der Waals surface area contributed by atoms with Crippen molar-refractivity contribution in [3.63, 3.8) is 0 Å². The number of amides is 1. The average Bonchev–Trinajstić information content (AvgIpc) is 2.99. The molecule has 1 unspecified atom stereocenters. The highest BCUT2D eigenvalue weighted by molar-refractivity contribution is 5.76. The molecular formula is C21H22N4O. The number of para-hydroxylation sites is 1. The molecule has 0 spiro atoms. The molecule has 1 aromatic heterocycles. The lowest BCUT2D eigenvalue weighted by Crippen LogP contribution is -2.28. The molecule has 0 radical (unpaired) electrons. The van der Waals surface area contributed by atoms with Crippen molar-refractivity contribution in [1.82, 2.24) is 20.1 Å². The highest BCUT2D eigenvalue weighted by atomic mass is 16.1. The number of hydrogen-bond acceptors (Lipinski definition) is 3. The zero-order valence-corrected chi connectivity index (χ0v) is 14.9. The maximum atomic E-state index is 12.1. The number of carbonyl (C=O) groups excluding carboxylic acids is 1. The van der Waals surface area contributed by atoms with Crippen molar-refractivity contribution in [1.29, 1.82) is 0 Å². The third-order valence-electron chi connectivity index (χ3n) is 4.70.